The van der Waals surface area contributed by atoms with E-state index in [0.717, 1.165) is 59.1 Å². The lowest BCUT2D eigenvalue weighted by atomic mass is 9.97. The molecule has 26 heavy (non-hydrogen) atoms. The van der Waals surface area contributed by atoms with E-state index in [1.807, 2.05) is 32.0 Å². The van der Waals surface area contributed by atoms with Crippen LogP contribution < -0.4 is 10.9 Å². The highest BCUT2D eigenvalue weighted by Gasteiger charge is 2.30. The van der Waals surface area contributed by atoms with Crippen LogP contribution in [0.15, 0.2) is 28.2 Å². The molecule has 2 aliphatic rings. The third-order valence-corrected chi connectivity index (χ3v) is 6.43. The quantitative estimate of drug-likeness (QED) is 0.842. The van der Waals surface area contributed by atoms with Gasteiger partial charge in [0, 0.05) is 23.4 Å². The van der Waals surface area contributed by atoms with E-state index in [2.05, 4.69) is 5.32 Å². The molecule has 0 saturated heterocycles. The van der Waals surface area contributed by atoms with Gasteiger partial charge in [0.05, 0.1) is 11.7 Å². The van der Waals surface area contributed by atoms with Crippen molar-refractivity contribution >= 4 is 23.4 Å². The Morgan fingerprint density at radius 3 is 2.88 bits per heavy atom. The van der Waals surface area contributed by atoms with E-state index in [0.29, 0.717) is 6.42 Å². The lowest BCUT2D eigenvalue weighted by Crippen LogP contribution is -2.32. The lowest BCUT2D eigenvalue weighted by molar-refractivity contribution is -0.116. The summed E-state index contributed by atoms with van der Waals surface area (Å²) in [6.07, 6.45) is 4.17. The number of hydrogen-bond acceptors (Lipinski definition) is 4. The van der Waals surface area contributed by atoms with E-state index >= 15 is 0 Å². The van der Waals surface area contributed by atoms with Gasteiger partial charge in [0.25, 0.3) is 5.56 Å². The summed E-state index contributed by atoms with van der Waals surface area (Å²) in [5.41, 5.74) is 5.06. The summed E-state index contributed by atoms with van der Waals surface area (Å²) < 4.78 is 1.76. The van der Waals surface area contributed by atoms with E-state index < -0.39 is 0 Å². The van der Waals surface area contributed by atoms with E-state index in [1.165, 1.54) is 5.56 Å². The molecule has 1 amide bonds. The van der Waals surface area contributed by atoms with E-state index in [4.69, 9.17) is 4.98 Å². The van der Waals surface area contributed by atoms with Crippen LogP contribution in [0, 0.1) is 13.8 Å². The van der Waals surface area contributed by atoms with Crippen molar-refractivity contribution in [2.45, 2.75) is 57.1 Å². The molecule has 2 aromatic rings. The predicted octanol–water partition coefficient (Wildman–Crippen LogP) is 3.41. The molecule has 136 valence electrons. The van der Waals surface area contributed by atoms with Gasteiger partial charge in [-0.25, -0.2) is 4.98 Å². The van der Waals surface area contributed by atoms with Crippen molar-refractivity contribution in [1.29, 1.82) is 0 Å². The number of anilines is 1. The monoisotopic (exact) mass is 369 g/mol. The molecule has 1 aliphatic heterocycles. The molecule has 1 atom stereocenters. The smallest absolute Gasteiger partial charge is 0.257 e. The first kappa shape index (κ1) is 17.3. The summed E-state index contributed by atoms with van der Waals surface area (Å²) >= 11 is 1.59. The van der Waals surface area contributed by atoms with Crippen molar-refractivity contribution in [3.05, 3.63) is 50.9 Å². The molecule has 0 fully saturated rings. The Morgan fingerprint density at radius 2 is 2.08 bits per heavy atom. The van der Waals surface area contributed by atoms with E-state index in [1.54, 1.807) is 16.3 Å². The van der Waals surface area contributed by atoms with Crippen LogP contribution in [0.25, 0.3) is 0 Å². The largest absolute Gasteiger partial charge is 0.326 e. The zero-order valence-electron chi connectivity index (χ0n) is 15.2. The molecule has 5 nitrogen and oxygen atoms in total. The Labute approximate surface area is 157 Å². The Kier molecular flexibility index (Phi) is 4.61. The van der Waals surface area contributed by atoms with Gasteiger partial charge in [-0.3, -0.25) is 14.2 Å². The highest BCUT2D eigenvalue weighted by atomic mass is 32.2. The second-order valence-corrected chi connectivity index (χ2v) is 8.21. The van der Waals surface area contributed by atoms with Crippen LogP contribution in [0.2, 0.25) is 0 Å². The van der Waals surface area contributed by atoms with Crippen molar-refractivity contribution in [3.63, 3.8) is 0 Å². The number of nitrogens with one attached hydrogen (secondary N) is 1. The zero-order valence-corrected chi connectivity index (χ0v) is 16.0. The number of thioether (sulfide) groups is 1. The molecule has 1 N–H and O–H groups in total. The molecular formula is C20H23N3O2S. The number of carbonyl (C=O) groups is 1. The Hall–Kier alpha value is -2.08. The number of aryl methyl sites for hydroxylation is 3. The molecule has 1 aromatic heterocycles. The molecule has 0 bridgehead atoms. The fourth-order valence-corrected chi connectivity index (χ4v) is 4.86. The summed E-state index contributed by atoms with van der Waals surface area (Å²) in [5.74, 6) is 0.669. The molecule has 0 radical (unpaired) electrons. The maximum Gasteiger partial charge on any atom is 0.257 e. The van der Waals surface area contributed by atoms with Gasteiger partial charge in [-0.1, -0.05) is 17.8 Å². The summed E-state index contributed by atoms with van der Waals surface area (Å²) in [7, 11) is 0. The maximum atomic E-state index is 12.9. The standard InChI is InChI=1S/C20H23N3O2S/c1-12-7-8-14(9-13(12)2)21-18(24)10-15-11-26-20-22-17-6-4-3-5-16(17)19(25)23(15)20/h7-9,15H,3-6,10-11H2,1-2H3,(H,21,24). The van der Waals surface area contributed by atoms with Crippen LogP contribution in [0.4, 0.5) is 5.69 Å². The van der Waals surface area contributed by atoms with Gasteiger partial charge in [0.1, 0.15) is 0 Å². The van der Waals surface area contributed by atoms with Gasteiger partial charge in [0.2, 0.25) is 5.91 Å². The number of carbonyl (C=O) groups excluding carboxylic acids is 1. The predicted molar refractivity (Wildman–Crippen MR) is 104 cm³/mol. The number of nitrogens with zero attached hydrogens (tertiary/aromatic N) is 2. The number of rotatable bonds is 3. The SMILES string of the molecule is Cc1ccc(NC(=O)CC2CSc3nc4c(c(=O)n32)CCCC4)cc1C. The fourth-order valence-electron chi connectivity index (χ4n) is 3.71. The summed E-state index contributed by atoms with van der Waals surface area (Å²) in [5, 5.41) is 3.74. The number of benzene rings is 1. The third-order valence-electron chi connectivity index (χ3n) is 5.33. The number of aromatic nitrogens is 2. The second-order valence-electron chi connectivity index (χ2n) is 7.22. The first-order valence-electron chi connectivity index (χ1n) is 9.17. The molecule has 1 aliphatic carbocycles. The highest BCUT2D eigenvalue weighted by molar-refractivity contribution is 7.99. The van der Waals surface area contributed by atoms with Crippen molar-refractivity contribution in [2.75, 3.05) is 11.1 Å². The average molecular weight is 369 g/mol. The topological polar surface area (TPSA) is 64.0 Å². The van der Waals surface area contributed by atoms with Gasteiger partial charge >= 0.3 is 0 Å². The number of amides is 1. The van der Waals surface area contributed by atoms with Crippen molar-refractivity contribution in [1.82, 2.24) is 9.55 Å². The van der Waals surface area contributed by atoms with E-state index in [-0.39, 0.29) is 17.5 Å². The maximum absolute atomic E-state index is 12.9. The zero-order chi connectivity index (χ0) is 18.3. The normalized spacial score (nSPS) is 18.3. The minimum Gasteiger partial charge on any atom is -0.326 e. The third kappa shape index (κ3) is 3.18. The van der Waals surface area contributed by atoms with Crippen LogP contribution >= 0.6 is 11.8 Å². The number of fused-ring (bicyclic) bond motifs is 2. The van der Waals surface area contributed by atoms with Crippen LogP contribution in [0.1, 0.15) is 47.7 Å². The molecule has 2 heterocycles. The minimum absolute atomic E-state index is 0.0590. The van der Waals surface area contributed by atoms with Gasteiger partial charge in [-0.15, -0.1) is 0 Å². The first-order chi connectivity index (χ1) is 12.5. The Balaban J connectivity index is 1.53. The highest BCUT2D eigenvalue weighted by Crippen LogP contribution is 2.34. The summed E-state index contributed by atoms with van der Waals surface area (Å²) in [6.45, 7) is 4.08. The Morgan fingerprint density at radius 1 is 1.27 bits per heavy atom. The molecular weight excluding hydrogens is 346 g/mol. The van der Waals surface area contributed by atoms with Crippen LogP contribution in [0.5, 0.6) is 0 Å². The van der Waals surface area contributed by atoms with Gasteiger partial charge in [-0.2, -0.15) is 0 Å². The van der Waals surface area contributed by atoms with Crippen LogP contribution in [-0.2, 0) is 17.6 Å². The first-order valence-corrected chi connectivity index (χ1v) is 10.2. The van der Waals surface area contributed by atoms with Crippen LogP contribution in [0.3, 0.4) is 0 Å². The summed E-state index contributed by atoms with van der Waals surface area (Å²) in [4.78, 5) is 30.1. The second kappa shape index (κ2) is 6.91. The van der Waals surface area contributed by atoms with Gasteiger partial charge in [-0.05, 0) is 62.8 Å². The average Bonchev–Trinajstić information content (AvgIpc) is 3.01. The van der Waals surface area contributed by atoms with Crippen molar-refractivity contribution in [3.8, 4) is 0 Å². The Bertz CT molecular complexity index is 935. The van der Waals surface area contributed by atoms with Crippen molar-refractivity contribution < 1.29 is 4.79 Å². The van der Waals surface area contributed by atoms with Crippen molar-refractivity contribution in [2.24, 2.45) is 0 Å². The molecule has 0 spiro atoms. The van der Waals surface area contributed by atoms with Gasteiger partial charge in [0.15, 0.2) is 5.16 Å². The van der Waals surface area contributed by atoms with Gasteiger partial charge < -0.3 is 5.32 Å². The molecule has 1 unspecified atom stereocenters. The molecule has 1 aromatic carbocycles. The minimum atomic E-state index is -0.117. The van der Waals surface area contributed by atoms with Crippen LogP contribution in [-0.4, -0.2) is 21.2 Å². The molecule has 6 heteroatoms. The number of hydrogen-bond donors (Lipinski definition) is 1. The molecule has 4 rings (SSSR count). The molecule has 0 saturated carbocycles. The lowest BCUT2D eigenvalue weighted by Gasteiger charge is -2.18. The van der Waals surface area contributed by atoms with E-state index in [9.17, 15) is 9.59 Å². The summed E-state index contributed by atoms with van der Waals surface area (Å²) in [6, 6.07) is 5.79. The fraction of sp³-hybridized carbons (Fsp3) is 0.450.